The summed E-state index contributed by atoms with van der Waals surface area (Å²) in [7, 11) is 0. The van der Waals surface area contributed by atoms with Crippen LogP contribution in [0.2, 0.25) is 5.02 Å². The molecule has 1 aliphatic rings. The second kappa shape index (κ2) is 7.94. The van der Waals surface area contributed by atoms with Gasteiger partial charge in [-0.3, -0.25) is 4.90 Å². The summed E-state index contributed by atoms with van der Waals surface area (Å²) >= 11 is 6.09. The van der Waals surface area contributed by atoms with Crippen molar-refractivity contribution in [3.63, 3.8) is 0 Å². The lowest BCUT2D eigenvalue weighted by Gasteiger charge is -2.27. The van der Waals surface area contributed by atoms with Gasteiger partial charge in [-0.05, 0) is 48.5 Å². The number of rotatable bonds is 4. The number of nitrogens with zero attached hydrogens (tertiary/aromatic N) is 3. The molecule has 0 aliphatic carbocycles. The van der Waals surface area contributed by atoms with E-state index in [4.69, 9.17) is 26.7 Å². The molecule has 1 aliphatic heterocycles. The van der Waals surface area contributed by atoms with Crippen molar-refractivity contribution in [3.8, 4) is 22.7 Å². The van der Waals surface area contributed by atoms with E-state index in [1.807, 2.05) is 66.9 Å². The fourth-order valence-electron chi connectivity index (χ4n) is 3.76. The quantitative estimate of drug-likeness (QED) is 0.463. The van der Waals surface area contributed by atoms with Crippen LogP contribution in [0.3, 0.4) is 0 Å². The van der Waals surface area contributed by atoms with Crippen molar-refractivity contribution in [1.29, 1.82) is 0 Å². The van der Waals surface area contributed by atoms with Crippen molar-refractivity contribution in [3.05, 3.63) is 88.9 Å². The minimum atomic E-state index is 0.705. The second-order valence-electron chi connectivity index (χ2n) is 7.52. The highest BCUT2D eigenvalue weighted by atomic mass is 35.5. The Bertz CT molecular complexity index is 1190. The van der Waals surface area contributed by atoms with Crippen LogP contribution < -0.4 is 5.73 Å². The van der Waals surface area contributed by atoms with E-state index in [0.717, 1.165) is 65.9 Å². The fraction of sp³-hybridized carbons (Fsp3) is 0.167. The van der Waals surface area contributed by atoms with Gasteiger partial charge in [0.2, 0.25) is 0 Å². The molecule has 0 atom stereocenters. The molecule has 4 aromatic rings. The Kier molecular flexibility index (Phi) is 4.99. The topological polar surface area (TPSA) is 68.2 Å². The first kappa shape index (κ1) is 18.9. The van der Waals surface area contributed by atoms with E-state index in [2.05, 4.69) is 9.88 Å². The number of halogens is 1. The minimum absolute atomic E-state index is 0.705. The van der Waals surface area contributed by atoms with Crippen LogP contribution in [0, 0.1) is 0 Å². The molecule has 150 valence electrons. The van der Waals surface area contributed by atoms with Gasteiger partial charge in [-0.1, -0.05) is 23.7 Å². The van der Waals surface area contributed by atoms with Gasteiger partial charge in [-0.2, -0.15) is 0 Å². The van der Waals surface area contributed by atoms with Crippen molar-refractivity contribution in [1.82, 2.24) is 14.9 Å². The van der Waals surface area contributed by atoms with Crippen LogP contribution in [0.5, 0.6) is 0 Å². The third kappa shape index (κ3) is 3.95. The molecule has 2 N–H and O–H groups in total. The molecule has 0 fully saturated rings. The molecule has 0 radical (unpaired) electrons. The number of anilines is 1. The average molecular weight is 417 g/mol. The monoisotopic (exact) mass is 416 g/mol. The Morgan fingerprint density at radius 1 is 1.03 bits per heavy atom. The zero-order chi connectivity index (χ0) is 20.5. The number of furan rings is 1. The van der Waals surface area contributed by atoms with E-state index in [1.54, 1.807) is 0 Å². The Labute approximate surface area is 180 Å². The fourth-order valence-corrected chi connectivity index (χ4v) is 3.95. The van der Waals surface area contributed by atoms with Gasteiger partial charge in [0.25, 0.3) is 0 Å². The van der Waals surface area contributed by atoms with Gasteiger partial charge in [0.05, 0.1) is 12.2 Å². The van der Waals surface area contributed by atoms with Crippen LogP contribution in [0.4, 0.5) is 5.69 Å². The SMILES string of the molecule is Nc1ccc(-c2ncc3c(n2)CCN(Cc2ccc(-c4cccc(Cl)c4)o2)C3)cc1. The first-order valence-corrected chi connectivity index (χ1v) is 10.3. The van der Waals surface area contributed by atoms with Crippen LogP contribution in [0.25, 0.3) is 22.7 Å². The Morgan fingerprint density at radius 3 is 2.73 bits per heavy atom. The summed E-state index contributed by atoms with van der Waals surface area (Å²) in [5.41, 5.74) is 10.8. The van der Waals surface area contributed by atoms with Crippen molar-refractivity contribution in [2.75, 3.05) is 12.3 Å². The summed E-state index contributed by atoms with van der Waals surface area (Å²) in [6, 6.07) is 19.4. The third-order valence-electron chi connectivity index (χ3n) is 5.33. The molecular formula is C24H21ClN4O. The number of fused-ring (bicyclic) bond motifs is 1. The maximum Gasteiger partial charge on any atom is 0.159 e. The van der Waals surface area contributed by atoms with Crippen LogP contribution >= 0.6 is 11.6 Å². The predicted molar refractivity (Wildman–Crippen MR) is 119 cm³/mol. The molecule has 0 amide bonds. The van der Waals surface area contributed by atoms with Gasteiger partial charge in [0.1, 0.15) is 11.5 Å². The van der Waals surface area contributed by atoms with Crippen LogP contribution in [0.15, 0.2) is 71.3 Å². The molecular weight excluding hydrogens is 396 g/mol. The standard InChI is InChI=1S/C24H21ClN4O/c25-19-3-1-2-17(12-19)23-9-8-21(30-23)15-29-11-10-22-18(14-29)13-27-24(28-22)16-4-6-20(26)7-5-16/h1-9,12-13H,10-11,14-15,26H2. The molecule has 5 rings (SSSR count). The zero-order valence-electron chi connectivity index (χ0n) is 16.4. The van der Waals surface area contributed by atoms with E-state index in [0.29, 0.717) is 5.02 Å². The molecule has 0 saturated heterocycles. The maximum atomic E-state index is 6.09. The lowest BCUT2D eigenvalue weighted by molar-refractivity contribution is 0.224. The number of benzene rings is 2. The highest BCUT2D eigenvalue weighted by molar-refractivity contribution is 6.30. The normalized spacial score (nSPS) is 13.9. The second-order valence-corrected chi connectivity index (χ2v) is 7.96. The molecule has 3 heterocycles. The average Bonchev–Trinajstić information content (AvgIpc) is 3.22. The minimum Gasteiger partial charge on any atom is -0.460 e. The summed E-state index contributed by atoms with van der Waals surface area (Å²) < 4.78 is 6.06. The van der Waals surface area contributed by atoms with Gasteiger partial charge in [-0.25, -0.2) is 9.97 Å². The van der Waals surface area contributed by atoms with Crippen LogP contribution in [-0.4, -0.2) is 21.4 Å². The molecule has 0 bridgehead atoms. The van der Waals surface area contributed by atoms with Crippen LogP contribution in [-0.2, 0) is 19.5 Å². The van der Waals surface area contributed by atoms with Gasteiger partial charge in [-0.15, -0.1) is 0 Å². The zero-order valence-corrected chi connectivity index (χ0v) is 17.1. The summed E-state index contributed by atoms with van der Waals surface area (Å²) in [5, 5.41) is 0.705. The van der Waals surface area contributed by atoms with Crippen molar-refractivity contribution < 1.29 is 4.42 Å². The molecule has 0 spiro atoms. The molecule has 2 aromatic heterocycles. The van der Waals surface area contributed by atoms with E-state index >= 15 is 0 Å². The highest BCUT2D eigenvalue weighted by Gasteiger charge is 2.20. The Hall–Kier alpha value is -3.15. The van der Waals surface area contributed by atoms with E-state index < -0.39 is 0 Å². The van der Waals surface area contributed by atoms with Gasteiger partial charge < -0.3 is 10.2 Å². The van der Waals surface area contributed by atoms with Gasteiger partial charge in [0.15, 0.2) is 5.82 Å². The Balaban J connectivity index is 1.29. The van der Waals surface area contributed by atoms with E-state index in [-0.39, 0.29) is 0 Å². The summed E-state index contributed by atoms with van der Waals surface area (Å²) in [6.07, 6.45) is 2.83. The summed E-state index contributed by atoms with van der Waals surface area (Å²) in [5.74, 6) is 2.52. The Morgan fingerprint density at radius 2 is 1.90 bits per heavy atom. The lowest BCUT2D eigenvalue weighted by Crippen LogP contribution is -2.30. The summed E-state index contributed by atoms with van der Waals surface area (Å²) in [4.78, 5) is 11.7. The lowest BCUT2D eigenvalue weighted by atomic mass is 10.1. The molecule has 0 saturated carbocycles. The smallest absolute Gasteiger partial charge is 0.159 e. The molecule has 2 aromatic carbocycles. The van der Waals surface area contributed by atoms with Crippen molar-refractivity contribution in [2.45, 2.75) is 19.5 Å². The van der Waals surface area contributed by atoms with E-state index in [9.17, 15) is 0 Å². The maximum absolute atomic E-state index is 6.09. The number of nitrogens with two attached hydrogens (primary N) is 1. The molecule has 5 nitrogen and oxygen atoms in total. The first-order valence-electron chi connectivity index (χ1n) is 9.92. The largest absolute Gasteiger partial charge is 0.460 e. The van der Waals surface area contributed by atoms with Crippen molar-refractivity contribution in [2.24, 2.45) is 0 Å². The number of hydrogen-bond donors (Lipinski definition) is 1. The number of nitrogen functional groups attached to an aromatic ring is 1. The van der Waals surface area contributed by atoms with E-state index in [1.165, 1.54) is 5.56 Å². The molecule has 6 heteroatoms. The van der Waals surface area contributed by atoms with Gasteiger partial charge >= 0.3 is 0 Å². The molecule has 30 heavy (non-hydrogen) atoms. The number of hydrogen-bond acceptors (Lipinski definition) is 5. The number of aromatic nitrogens is 2. The van der Waals surface area contributed by atoms with Crippen molar-refractivity contribution >= 4 is 17.3 Å². The summed E-state index contributed by atoms with van der Waals surface area (Å²) in [6.45, 7) is 2.49. The first-order chi connectivity index (χ1) is 14.6. The predicted octanol–water partition coefficient (Wildman–Crippen LogP) is 5.20. The third-order valence-corrected chi connectivity index (χ3v) is 5.57. The molecule has 0 unspecified atom stereocenters. The van der Waals surface area contributed by atoms with Gasteiger partial charge in [0, 0.05) is 53.1 Å². The highest BCUT2D eigenvalue weighted by Crippen LogP contribution is 2.27. The van der Waals surface area contributed by atoms with Crippen LogP contribution in [0.1, 0.15) is 17.0 Å².